The van der Waals surface area contributed by atoms with E-state index in [1.54, 1.807) is 6.08 Å². The number of hydrogen-bond donors (Lipinski definition) is 0. The predicted molar refractivity (Wildman–Crippen MR) is 42.0 cm³/mol. The summed E-state index contributed by atoms with van der Waals surface area (Å²) in [4.78, 5) is 0. The van der Waals surface area contributed by atoms with Crippen LogP contribution in [-0.4, -0.2) is 0 Å². The predicted octanol–water partition coefficient (Wildman–Crippen LogP) is 2.53. The maximum Gasteiger partial charge on any atom is 0.0196 e. The average molecular weight is 120 g/mol. The summed E-state index contributed by atoms with van der Waals surface area (Å²) in [5.74, 6) is 5.92. The summed E-state index contributed by atoms with van der Waals surface area (Å²) in [5, 5.41) is 0. The minimum atomic E-state index is 0.908. The highest BCUT2D eigenvalue weighted by atomic mass is 13.8. The largest absolute Gasteiger partial charge is 0.0982 e. The minimum absolute atomic E-state index is 0.908. The third-order valence-corrected chi connectivity index (χ3v) is 0.940. The van der Waals surface area contributed by atoms with Gasteiger partial charge in [0.05, 0.1) is 0 Å². The van der Waals surface area contributed by atoms with E-state index in [0.717, 1.165) is 12.0 Å². The second-order valence-electron chi connectivity index (χ2n) is 1.60. The maximum absolute atomic E-state index is 3.61. The topological polar surface area (TPSA) is 0 Å². The van der Waals surface area contributed by atoms with Crippen LogP contribution < -0.4 is 0 Å². The summed E-state index contributed by atoms with van der Waals surface area (Å²) in [6, 6.07) is 0. The van der Waals surface area contributed by atoms with E-state index < -0.39 is 0 Å². The Labute approximate surface area is 57.3 Å². The smallest absolute Gasteiger partial charge is 0.0196 e. The molecule has 0 radical (unpaired) electrons. The van der Waals surface area contributed by atoms with Gasteiger partial charge in [-0.2, -0.15) is 0 Å². The molecule has 0 aromatic heterocycles. The zero-order valence-corrected chi connectivity index (χ0v) is 6.07. The van der Waals surface area contributed by atoms with Crippen LogP contribution in [0, 0.1) is 11.8 Å². The van der Waals surface area contributed by atoms with Crippen LogP contribution in [0.5, 0.6) is 0 Å². The van der Waals surface area contributed by atoms with Crippen molar-refractivity contribution in [1.82, 2.24) is 0 Å². The molecular formula is C9H12. The van der Waals surface area contributed by atoms with Gasteiger partial charge in [-0.25, -0.2) is 0 Å². The molecule has 0 fully saturated rings. The molecule has 0 unspecified atom stereocenters. The van der Waals surface area contributed by atoms with Gasteiger partial charge < -0.3 is 0 Å². The van der Waals surface area contributed by atoms with E-state index >= 15 is 0 Å². The zero-order valence-electron chi connectivity index (χ0n) is 6.07. The van der Waals surface area contributed by atoms with E-state index in [1.165, 1.54) is 0 Å². The molecule has 0 aliphatic heterocycles. The fraction of sp³-hybridized carbons (Fsp3) is 0.333. The summed E-state index contributed by atoms with van der Waals surface area (Å²) in [6.07, 6.45) is 4.63. The Kier molecular flexibility index (Phi) is 4.63. The molecule has 0 aromatic rings. The highest BCUT2D eigenvalue weighted by molar-refractivity contribution is 5.36. The molecule has 0 atom stereocenters. The van der Waals surface area contributed by atoms with Crippen molar-refractivity contribution in [3.05, 3.63) is 24.3 Å². The molecule has 48 valence electrons. The van der Waals surface area contributed by atoms with Gasteiger partial charge in [0.25, 0.3) is 0 Å². The fourth-order valence-corrected chi connectivity index (χ4v) is 0.432. The molecule has 0 aliphatic carbocycles. The second kappa shape index (κ2) is 5.18. The lowest BCUT2D eigenvalue weighted by atomic mass is 10.2. The van der Waals surface area contributed by atoms with Gasteiger partial charge in [0.1, 0.15) is 0 Å². The van der Waals surface area contributed by atoms with Crippen molar-refractivity contribution in [1.29, 1.82) is 0 Å². The lowest BCUT2D eigenvalue weighted by Crippen LogP contribution is -1.66. The Morgan fingerprint density at radius 1 is 1.67 bits per heavy atom. The number of hydrogen-bond acceptors (Lipinski definition) is 0. The van der Waals surface area contributed by atoms with E-state index in [4.69, 9.17) is 0 Å². The number of rotatable bonds is 1. The van der Waals surface area contributed by atoms with Crippen LogP contribution in [0.3, 0.4) is 0 Å². The molecule has 0 saturated heterocycles. The summed E-state index contributed by atoms with van der Waals surface area (Å²) in [7, 11) is 0. The minimum Gasteiger partial charge on any atom is -0.0982 e. The molecule has 0 bridgehead atoms. The summed E-state index contributed by atoms with van der Waals surface area (Å²) in [5.41, 5.74) is 1.01. The van der Waals surface area contributed by atoms with E-state index in [-0.39, 0.29) is 0 Å². The first-order valence-corrected chi connectivity index (χ1v) is 3.12. The third-order valence-electron chi connectivity index (χ3n) is 0.940. The molecule has 0 saturated carbocycles. The van der Waals surface area contributed by atoms with Gasteiger partial charge in [-0.15, -0.1) is 0 Å². The SMILES string of the molecule is C=CC(C#CCC)=CC. The molecule has 0 aliphatic rings. The van der Waals surface area contributed by atoms with Crippen LogP contribution in [0.25, 0.3) is 0 Å². The number of allylic oxidation sites excluding steroid dienone is 3. The molecular weight excluding hydrogens is 108 g/mol. The summed E-state index contributed by atoms with van der Waals surface area (Å²) in [6.45, 7) is 7.60. The normalized spacial score (nSPS) is 9.78. The lowest BCUT2D eigenvalue weighted by molar-refractivity contribution is 1.28. The first kappa shape index (κ1) is 8.04. The molecule has 0 heterocycles. The highest BCUT2D eigenvalue weighted by Crippen LogP contribution is 1.90. The quantitative estimate of drug-likeness (QED) is 0.368. The van der Waals surface area contributed by atoms with Crippen molar-refractivity contribution in [3.63, 3.8) is 0 Å². The van der Waals surface area contributed by atoms with Crippen molar-refractivity contribution < 1.29 is 0 Å². The Hall–Kier alpha value is -0.960. The summed E-state index contributed by atoms with van der Waals surface area (Å²) < 4.78 is 0. The van der Waals surface area contributed by atoms with E-state index in [9.17, 15) is 0 Å². The van der Waals surface area contributed by atoms with Gasteiger partial charge in [0.15, 0.2) is 0 Å². The van der Waals surface area contributed by atoms with Crippen LogP contribution >= 0.6 is 0 Å². The van der Waals surface area contributed by atoms with Gasteiger partial charge >= 0.3 is 0 Å². The van der Waals surface area contributed by atoms with Crippen molar-refractivity contribution >= 4 is 0 Å². The molecule has 0 heteroatoms. The third kappa shape index (κ3) is 3.61. The first-order chi connectivity index (χ1) is 4.35. The fourth-order valence-electron chi connectivity index (χ4n) is 0.432. The van der Waals surface area contributed by atoms with Crippen LogP contribution in [0.15, 0.2) is 24.3 Å². The second-order valence-corrected chi connectivity index (χ2v) is 1.60. The van der Waals surface area contributed by atoms with E-state index in [2.05, 4.69) is 18.4 Å². The van der Waals surface area contributed by atoms with Crippen LogP contribution in [0.4, 0.5) is 0 Å². The molecule has 0 rings (SSSR count). The standard InChI is InChI=1S/C9H12/c1-4-7-8-9(5-2)6-3/h5-6H,2,4H2,1,3H3. The van der Waals surface area contributed by atoms with Crippen LogP contribution in [0.2, 0.25) is 0 Å². The Bertz CT molecular complexity index is 162. The van der Waals surface area contributed by atoms with Crippen molar-refractivity contribution in [3.8, 4) is 11.8 Å². The van der Waals surface area contributed by atoms with Crippen molar-refractivity contribution in [2.45, 2.75) is 20.3 Å². The highest BCUT2D eigenvalue weighted by Gasteiger charge is 1.75. The van der Waals surface area contributed by atoms with Gasteiger partial charge in [-0.3, -0.25) is 0 Å². The van der Waals surface area contributed by atoms with E-state index in [0.29, 0.717) is 0 Å². The Morgan fingerprint density at radius 3 is 2.67 bits per heavy atom. The van der Waals surface area contributed by atoms with Crippen LogP contribution in [-0.2, 0) is 0 Å². The zero-order chi connectivity index (χ0) is 7.11. The Balaban J connectivity index is 4.00. The maximum atomic E-state index is 3.61. The summed E-state index contributed by atoms with van der Waals surface area (Å²) >= 11 is 0. The average Bonchev–Trinajstić information content (AvgIpc) is 1.91. The van der Waals surface area contributed by atoms with Crippen LogP contribution in [0.1, 0.15) is 20.3 Å². The van der Waals surface area contributed by atoms with Gasteiger partial charge in [-0.05, 0) is 6.92 Å². The Morgan fingerprint density at radius 2 is 2.33 bits per heavy atom. The molecule has 0 amide bonds. The van der Waals surface area contributed by atoms with Crippen molar-refractivity contribution in [2.24, 2.45) is 0 Å². The molecule has 0 aromatic carbocycles. The molecule has 9 heavy (non-hydrogen) atoms. The van der Waals surface area contributed by atoms with Gasteiger partial charge in [-0.1, -0.05) is 37.5 Å². The van der Waals surface area contributed by atoms with E-state index in [1.807, 2.05) is 19.9 Å². The molecule has 0 nitrogen and oxygen atoms in total. The van der Waals surface area contributed by atoms with Gasteiger partial charge in [0, 0.05) is 12.0 Å². The van der Waals surface area contributed by atoms with Crippen molar-refractivity contribution in [2.75, 3.05) is 0 Å². The van der Waals surface area contributed by atoms with Gasteiger partial charge in [0.2, 0.25) is 0 Å². The first-order valence-electron chi connectivity index (χ1n) is 3.12. The monoisotopic (exact) mass is 120 g/mol. The molecule has 0 N–H and O–H groups in total. The lowest BCUT2D eigenvalue weighted by Gasteiger charge is -1.81. The molecule has 0 spiro atoms.